The van der Waals surface area contributed by atoms with Gasteiger partial charge < -0.3 is 23.5 Å². The number of nitrogens with zero attached hydrogens (tertiary/aromatic N) is 1. The van der Waals surface area contributed by atoms with Crippen molar-refractivity contribution in [3.63, 3.8) is 0 Å². The molecule has 0 aliphatic heterocycles. The van der Waals surface area contributed by atoms with Gasteiger partial charge in [0.25, 0.3) is 0 Å². The number of halogens is 3. The Morgan fingerprint density at radius 1 is 1.07 bits per heavy atom. The van der Waals surface area contributed by atoms with Gasteiger partial charge in [0, 0.05) is 11.1 Å². The fraction of sp³-hybridized carbons (Fsp3) is 0.250. The summed E-state index contributed by atoms with van der Waals surface area (Å²) in [5, 5.41) is 4.08. The van der Waals surface area contributed by atoms with Gasteiger partial charge in [0.05, 0.1) is 14.2 Å². The summed E-state index contributed by atoms with van der Waals surface area (Å²) in [5.74, 6) is 1.88. The molecule has 10 heteroatoms. The highest BCUT2D eigenvalue weighted by atomic mass is 32.2. The molecule has 1 heterocycles. The summed E-state index contributed by atoms with van der Waals surface area (Å²) in [4.78, 5) is 0.733. The zero-order chi connectivity index (χ0) is 21.3. The number of rotatable bonds is 6. The van der Waals surface area contributed by atoms with Crippen LogP contribution in [0, 0.1) is 0 Å². The van der Waals surface area contributed by atoms with Crippen LogP contribution in [0.4, 0.5) is 19.0 Å². The Morgan fingerprint density at radius 3 is 2.47 bits per heavy atom. The average Bonchev–Trinajstić information content (AvgIpc) is 3.14. The van der Waals surface area contributed by atoms with Crippen molar-refractivity contribution < 1.29 is 31.9 Å². The number of nitrogens with one attached hydrogen (secondary N) is 1. The third-order valence-corrected chi connectivity index (χ3v) is 5.53. The molecule has 0 saturated carbocycles. The molecule has 30 heavy (non-hydrogen) atoms. The maximum atomic E-state index is 12.6. The minimum Gasteiger partial charge on any atom is -0.495 e. The van der Waals surface area contributed by atoms with Crippen molar-refractivity contribution in [1.29, 1.82) is 0 Å². The molecular weight excluding hydrogens is 421 g/mol. The number of fused-ring (bicyclic) bond motifs is 3. The van der Waals surface area contributed by atoms with Crippen LogP contribution in [0.5, 0.6) is 17.2 Å². The number of hydrogen-bond donors (Lipinski definition) is 1. The molecular formula is C20H17F3N2O4S. The van der Waals surface area contributed by atoms with Crippen LogP contribution in [0.1, 0.15) is 11.1 Å². The summed E-state index contributed by atoms with van der Waals surface area (Å²) in [5.41, 5.74) is 2.20. The highest BCUT2D eigenvalue weighted by Gasteiger charge is 2.32. The van der Waals surface area contributed by atoms with Crippen molar-refractivity contribution >= 4 is 17.8 Å². The number of aryl methyl sites for hydroxylation is 1. The molecule has 4 rings (SSSR count). The molecule has 0 saturated heterocycles. The summed E-state index contributed by atoms with van der Waals surface area (Å²) in [6.45, 7) is 0. The molecule has 158 valence electrons. The van der Waals surface area contributed by atoms with Crippen LogP contribution in [0.25, 0.3) is 11.3 Å². The molecule has 0 unspecified atom stereocenters. The maximum Gasteiger partial charge on any atom is 0.573 e. The lowest BCUT2D eigenvalue weighted by atomic mass is 9.90. The molecule has 2 aromatic carbocycles. The van der Waals surface area contributed by atoms with Gasteiger partial charge in [0.15, 0.2) is 11.6 Å². The first-order valence-corrected chi connectivity index (χ1v) is 9.72. The number of anilines is 1. The second kappa shape index (κ2) is 8.02. The topological polar surface area (TPSA) is 65.8 Å². The third-order valence-electron chi connectivity index (χ3n) is 4.62. The Labute approximate surface area is 174 Å². The van der Waals surface area contributed by atoms with E-state index in [1.807, 2.05) is 18.2 Å². The number of methoxy groups -OCH3 is 2. The predicted molar refractivity (Wildman–Crippen MR) is 105 cm³/mol. The molecule has 6 nitrogen and oxygen atoms in total. The Balaban J connectivity index is 1.61. The lowest BCUT2D eigenvalue weighted by molar-refractivity contribution is -0.274. The highest BCUT2D eigenvalue weighted by molar-refractivity contribution is 8.00. The number of aromatic nitrogens is 1. The van der Waals surface area contributed by atoms with Crippen molar-refractivity contribution in [3.05, 3.63) is 47.5 Å². The monoisotopic (exact) mass is 438 g/mol. The van der Waals surface area contributed by atoms with Crippen LogP contribution >= 0.6 is 11.9 Å². The van der Waals surface area contributed by atoms with Crippen LogP contribution in [0.15, 0.2) is 45.8 Å². The van der Waals surface area contributed by atoms with Gasteiger partial charge in [-0.1, -0.05) is 17.3 Å². The van der Waals surface area contributed by atoms with Crippen molar-refractivity contribution in [2.45, 2.75) is 24.1 Å². The second-order valence-electron chi connectivity index (χ2n) is 6.40. The zero-order valence-corrected chi connectivity index (χ0v) is 16.8. The smallest absolute Gasteiger partial charge is 0.495 e. The summed E-state index contributed by atoms with van der Waals surface area (Å²) >= 11 is 1.25. The van der Waals surface area contributed by atoms with Gasteiger partial charge in [-0.2, -0.15) is 0 Å². The molecule has 0 radical (unpaired) electrons. The Bertz CT molecular complexity index is 1050. The summed E-state index contributed by atoms with van der Waals surface area (Å²) in [7, 11) is 3.13. The number of hydrogen-bond acceptors (Lipinski definition) is 7. The van der Waals surface area contributed by atoms with E-state index >= 15 is 0 Å². The van der Waals surface area contributed by atoms with Crippen LogP contribution in [-0.2, 0) is 12.8 Å². The van der Waals surface area contributed by atoms with Crippen LogP contribution < -0.4 is 18.9 Å². The van der Waals surface area contributed by atoms with E-state index in [2.05, 4.69) is 14.6 Å². The van der Waals surface area contributed by atoms with Gasteiger partial charge in [-0.15, -0.1) is 13.2 Å². The van der Waals surface area contributed by atoms with E-state index in [1.54, 1.807) is 20.3 Å². The van der Waals surface area contributed by atoms with E-state index < -0.39 is 6.36 Å². The molecule has 0 atom stereocenters. The fourth-order valence-electron chi connectivity index (χ4n) is 3.29. The first kappa shape index (κ1) is 20.3. The lowest BCUT2D eigenvalue weighted by Crippen LogP contribution is -2.17. The van der Waals surface area contributed by atoms with E-state index in [4.69, 9.17) is 14.0 Å². The van der Waals surface area contributed by atoms with Crippen molar-refractivity contribution in [1.82, 2.24) is 5.16 Å². The van der Waals surface area contributed by atoms with E-state index in [-0.39, 0.29) is 5.75 Å². The van der Waals surface area contributed by atoms with Crippen LogP contribution in [-0.4, -0.2) is 25.7 Å². The maximum absolute atomic E-state index is 12.6. The Kier molecular flexibility index (Phi) is 5.42. The van der Waals surface area contributed by atoms with Gasteiger partial charge in [0.1, 0.15) is 22.1 Å². The minimum atomic E-state index is -4.76. The van der Waals surface area contributed by atoms with E-state index in [0.29, 0.717) is 41.5 Å². The molecule has 1 N–H and O–H groups in total. The predicted octanol–water partition coefficient (Wildman–Crippen LogP) is 5.48. The largest absolute Gasteiger partial charge is 0.573 e. The molecule has 1 aromatic heterocycles. The van der Waals surface area contributed by atoms with Gasteiger partial charge in [-0.05, 0) is 54.6 Å². The van der Waals surface area contributed by atoms with Crippen LogP contribution in [0.3, 0.4) is 0 Å². The first-order chi connectivity index (χ1) is 14.4. The molecule has 0 spiro atoms. The van der Waals surface area contributed by atoms with Gasteiger partial charge in [-0.3, -0.25) is 0 Å². The lowest BCUT2D eigenvalue weighted by Gasteiger charge is -2.17. The van der Waals surface area contributed by atoms with E-state index in [0.717, 1.165) is 16.0 Å². The van der Waals surface area contributed by atoms with Crippen molar-refractivity contribution in [2.24, 2.45) is 0 Å². The highest BCUT2D eigenvalue weighted by Crippen LogP contribution is 2.42. The van der Waals surface area contributed by atoms with Crippen molar-refractivity contribution in [2.75, 3.05) is 18.9 Å². The average molecular weight is 438 g/mol. The van der Waals surface area contributed by atoms with Crippen LogP contribution in [0.2, 0.25) is 0 Å². The summed E-state index contributed by atoms with van der Waals surface area (Å²) in [6.07, 6.45) is -3.48. The van der Waals surface area contributed by atoms with E-state index in [1.165, 1.54) is 24.1 Å². The van der Waals surface area contributed by atoms with Crippen molar-refractivity contribution in [3.8, 4) is 28.6 Å². The summed E-state index contributed by atoms with van der Waals surface area (Å²) in [6, 6.07) is 9.68. The molecule has 0 fully saturated rings. The number of ether oxygens (including phenoxy) is 3. The SMILES string of the molecule is COc1cccc(OC)c1SNc1noc2c1CCc1ccc(OC(F)(F)F)cc1-2. The standard InChI is InChI=1S/C20H17F3N2O4S/c1-26-15-4-3-5-16(27-2)18(15)30-25-19-13-9-7-11-6-8-12(28-20(21,22)23)10-14(11)17(13)29-24-19/h3-6,8,10H,7,9H2,1-2H3,(H,24,25). The second-order valence-corrected chi connectivity index (χ2v) is 7.22. The quantitative estimate of drug-likeness (QED) is 0.512. The first-order valence-electron chi connectivity index (χ1n) is 8.91. The molecule has 1 aliphatic rings. The number of benzene rings is 2. The Morgan fingerprint density at radius 2 is 1.80 bits per heavy atom. The molecule has 0 amide bonds. The fourth-order valence-corrected chi connectivity index (χ4v) is 4.15. The third kappa shape index (κ3) is 4.00. The zero-order valence-electron chi connectivity index (χ0n) is 16.0. The Hall–Kier alpha value is -3.01. The minimum absolute atomic E-state index is 0.298. The van der Waals surface area contributed by atoms with Gasteiger partial charge in [0.2, 0.25) is 0 Å². The molecule has 3 aromatic rings. The van der Waals surface area contributed by atoms with Gasteiger partial charge in [-0.25, -0.2) is 0 Å². The normalized spacial score (nSPS) is 12.7. The van der Waals surface area contributed by atoms with E-state index in [9.17, 15) is 13.2 Å². The van der Waals surface area contributed by atoms with Gasteiger partial charge >= 0.3 is 6.36 Å². The summed E-state index contributed by atoms with van der Waals surface area (Å²) < 4.78 is 61.1. The molecule has 0 bridgehead atoms. The molecule has 1 aliphatic carbocycles. The number of alkyl halides is 3.